The minimum Gasteiger partial charge on any atom is -0.454 e. The molecule has 0 saturated heterocycles. The summed E-state index contributed by atoms with van der Waals surface area (Å²) >= 11 is 12.0. The van der Waals surface area contributed by atoms with Gasteiger partial charge in [-0.05, 0) is 25.1 Å². The molecule has 0 bridgehead atoms. The third-order valence-electron chi connectivity index (χ3n) is 3.34. The van der Waals surface area contributed by atoms with E-state index in [1.165, 1.54) is 6.92 Å². The van der Waals surface area contributed by atoms with Crippen LogP contribution in [0.1, 0.15) is 27.6 Å². The Morgan fingerprint density at radius 2 is 1.78 bits per heavy atom. The molecule has 118 valence electrons. The van der Waals surface area contributed by atoms with Gasteiger partial charge in [-0.15, -0.1) is 0 Å². The fraction of sp³-hybridized carbons (Fsp3) is 0.125. The number of ketones is 1. The Hall–Kier alpha value is -2.24. The molecule has 0 radical (unpaired) electrons. The van der Waals surface area contributed by atoms with Crippen LogP contribution in [0.25, 0.3) is 0 Å². The number of halogens is 2. The monoisotopic (exact) mass is 351 g/mol. The average molecular weight is 352 g/mol. The molecule has 1 aliphatic heterocycles. The van der Waals surface area contributed by atoms with E-state index in [9.17, 15) is 9.59 Å². The van der Waals surface area contributed by atoms with E-state index >= 15 is 0 Å². The first-order valence-corrected chi connectivity index (χ1v) is 7.43. The largest absolute Gasteiger partial charge is 0.454 e. The average Bonchev–Trinajstić information content (AvgIpc) is 2.96. The molecule has 1 N–H and O–H groups in total. The number of rotatable bonds is 3. The molecule has 0 atom stereocenters. The fourth-order valence-corrected chi connectivity index (χ4v) is 2.59. The van der Waals surface area contributed by atoms with Gasteiger partial charge in [-0.1, -0.05) is 29.3 Å². The molecule has 5 nitrogen and oxygen atoms in total. The molecule has 23 heavy (non-hydrogen) atoms. The number of carbonyl (C=O) groups is 2. The lowest BCUT2D eigenvalue weighted by atomic mass is 10.1. The summed E-state index contributed by atoms with van der Waals surface area (Å²) in [6.07, 6.45) is 0. The van der Waals surface area contributed by atoms with Gasteiger partial charge in [0, 0.05) is 11.6 Å². The zero-order valence-corrected chi connectivity index (χ0v) is 13.5. The molecule has 0 fully saturated rings. The van der Waals surface area contributed by atoms with Gasteiger partial charge in [0.15, 0.2) is 17.3 Å². The molecule has 1 amide bonds. The standard InChI is InChI=1S/C16H11Cl2NO4/c1-8(20)10-5-13-14(23-7-22-13)6-12(10)19-16(21)9-3-2-4-11(17)15(9)18/h2-6H,7H2,1H3,(H,19,21). The molecule has 0 aliphatic carbocycles. The maximum absolute atomic E-state index is 12.4. The van der Waals surface area contributed by atoms with Gasteiger partial charge >= 0.3 is 0 Å². The van der Waals surface area contributed by atoms with Crippen molar-refractivity contribution in [2.75, 3.05) is 12.1 Å². The van der Waals surface area contributed by atoms with Crippen LogP contribution in [0.3, 0.4) is 0 Å². The highest BCUT2D eigenvalue weighted by Gasteiger charge is 2.21. The van der Waals surface area contributed by atoms with E-state index in [-0.39, 0.29) is 28.2 Å². The number of fused-ring (bicyclic) bond motifs is 1. The summed E-state index contributed by atoms with van der Waals surface area (Å²) in [5.74, 6) is 0.242. The van der Waals surface area contributed by atoms with Crippen LogP contribution in [0.4, 0.5) is 5.69 Å². The van der Waals surface area contributed by atoms with Crippen molar-refractivity contribution in [3.8, 4) is 11.5 Å². The van der Waals surface area contributed by atoms with Crippen molar-refractivity contribution < 1.29 is 19.1 Å². The van der Waals surface area contributed by atoms with Crippen molar-refractivity contribution in [1.82, 2.24) is 0 Å². The minimum atomic E-state index is -0.473. The molecular formula is C16H11Cl2NO4. The lowest BCUT2D eigenvalue weighted by Gasteiger charge is -2.11. The number of Topliss-reactive ketones (excluding diaryl/α,β-unsaturated/α-hetero) is 1. The summed E-state index contributed by atoms with van der Waals surface area (Å²) in [6, 6.07) is 7.84. The van der Waals surface area contributed by atoms with E-state index in [4.69, 9.17) is 32.7 Å². The number of hydrogen-bond donors (Lipinski definition) is 1. The highest BCUT2D eigenvalue weighted by atomic mass is 35.5. The molecule has 1 heterocycles. The first-order valence-electron chi connectivity index (χ1n) is 6.67. The Kier molecular flexibility index (Phi) is 4.15. The van der Waals surface area contributed by atoms with Gasteiger partial charge in [0.2, 0.25) is 6.79 Å². The summed E-state index contributed by atoms with van der Waals surface area (Å²) in [5, 5.41) is 3.09. The quantitative estimate of drug-likeness (QED) is 0.842. The maximum atomic E-state index is 12.4. The lowest BCUT2D eigenvalue weighted by molar-refractivity contribution is 0.101. The molecule has 0 saturated carbocycles. The number of ether oxygens (including phenoxy) is 2. The van der Waals surface area contributed by atoms with Crippen LogP contribution in [-0.2, 0) is 0 Å². The highest BCUT2D eigenvalue weighted by Crippen LogP contribution is 2.37. The number of amides is 1. The molecule has 0 aromatic heterocycles. The van der Waals surface area contributed by atoms with Crippen LogP contribution in [0.15, 0.2) is 30.3 Å². The Morgan fingerprint density at radius 3 is 2.48 bits per heavy atom. The second-order valence-corrected chi connectivity index (χ2v) is 5.65. The number of anilines is 1. The van der Waals surface area contributed by atoms with Crippen molar-refractivity contribution in [3.05, 3.63) is 51.5 Å². The van der Waals surface area contributed by atoms with Crippen LogP contribution < -0.4 is 14.8 Å². The lowest BCUT2D eigenvalue weighted by Crippen LogP contribution is -2.15. The summed E-state index contributed by atoms with van der Waals surface area (Å²) in [7, 11) is 0. The van der Waals surface area contributed by atoms with Crippen LogP contribution in [0.5, 0.6) is 11.5 Å². The minimum absolute atomic E-state index is 0.0736. The van der Waals surface area contributed by atoms with E-state index in [0.29, 0.717) is 22.7 Å². The molecule has 0 unspecified atom stereocenters. The summed E-state index contributed by atoms with van der Waals surface area (Å²) in [6.45, 7) is 1.48. The Balaban J connectivity index is 1.98. The molecule has 3 rings (SSSR count). The van der Waals surface area contributed by atoms with Gasteiger partial charge in [0.1, 0.15) is 0 Å². The van der Waals surface area contributed by atoms with Gasteiger partial charge in [0.05, 0.1) is 21.3 Å². The van der Waals surface area contributed by atoms with E-state index in [2.05, 4.69) is 5.32 Å². The number of carbonyl (C=O) groups excluding carboxylic acids is 2. The maximum Gasteiger partial charge on any atom is 0.257 e. The number of benzene rings is 2. The van der Waals surface area contributed by atoms with Gasteiger partial charge in [-0.3, -0.25) is 9.59 Å². The number of nitrogens with one attached hydrogen (secondary N) is 1. The number of hydrogen-bond acceptors (Lipinski definition) is 4. The third-order valence-corrected chi connectivity index (χ3v) is 4.16. The van der Waals surface area contributed by atoms with Gasteiger partial charge in [-0.25, -0.2) is 0 Å². The van der Waals surface area contributed by atoms with E-state index in [0.717, 1.165) is 0 Å². The van der Waals surface area contributed by atoms with Crippen LogP contribution in [-0.4, -0.2) is 18.5 Å². The summed E-state index contributed by atoms with van der Waals surface area (Å²) in [4.78, 5) is 24.2. The second kappa shape index (κ2) is 6.10. The molecular weight excluding hydrogens is 341 g/mol. The highest BCUT2D eigenvalue weighted by molar-refractivity contribution is 6.44. The van der Waals surface area contributed by atoms with Crippen molar-refractivity contribution in [3.63, 3.8) is 0 Å². The Bertz CT molecular complexity index is 820. The molecule has 2 aromatic carbocycles. The topological polar surface area (TPSA) is 64.6 Å². The van der Waals surface area contributed by atoms with E-state index in [1.807, 2.05) is 0 Å². The molecule has 2 aromatic rings. The van der Waals surface area contributed by atoms with Crippen molar-refractivity contribution in [1.29, 1.82) is 0 Å². The van der Waals surface area contributed by atoms with Crippen LogP contribution in [0, 0.1) is 0 Å². The van der Waals surface area contributed by atoms with Gasteiger partial charge in [-0.2, -0.15) is 0 Å². The summed E-state index contributed by atoms with van der Waals surface area (Å²) in [5.41, 5.74) is 0.856. The summed E-state index contributed by atoms with van der Waals surface area (Å²) < 4.78 is 10.5. The Labute approximate surface area is 142 Å². The van der Waals surface area contributed by atoms with Gasteiger partial charge < -0.3 is 14.8 Å². The second-order valence-electron chi connectivity index (χ2n) is 4.86. The van der Waals surface area contributed by atoms with Crippen molar-refractivity contribution >= 4 is 40.6 Å². The fourth-order valence-electron chi connectivity index (χ4n) is 2.21. The van der Waals surface area contributed by atoms with Crippen LogP contribution in [0.2, 0.25) is 10.0 Å². The zero-order valence-electron chi connectivity index (χ0n) is 12.0. The predicted octanol–water partition coefficient (Wildman–Crippen LogP) is 4.18. The normalized spacial score (nSPS) is 12.1. The molecule has 0 spiro atoms. The molecule has 1 aliphatic rings. The van der Waals surface area contributed by atoms with E-state index < -0.39 is 5.91 Å². The SMILES string of the molecule is CC(=O)c1cc2c(cc1NC(=O)c1cccc(Cl)c1Cl)OCO2. The van der Waals surface area contributed by atoms with E-state index in [1.54, 1.807) is 30.3 Å². The first kappa shape index (κ1) is 15.6. The van der Waals surface area contributed by atoms with Crippen molar-refractivity contribution in [2.24, 2.45) is 0 Å². The first-order chi connectivity index (χ1) is 11.0. The van der Waals surface area contributed by atoms with Crippen molar-refractivity contribution in [2.45, 2.75) is 6.92 Å². The third kappa shape index (κ3) is 2.98. The van der Waals surface area contributed by atoms with Crippen LogP contribution >= 0.6 is 23.2 Å². The smallest absolute Gasteiger partial charge is 0.257 e. The Morgan fingerprint density at radius 1 is 1.09 bits per heavy atom. The predicted molar refractivity (Wildman–Crippen MR) is 87.0 cm³/mol. The zero-order chi connectivity index (χ0) is 16.6. The molecule has 7 heteroatoms. The van der Waals surface area contributed by atoms with Gasteiger partial charge in [0.25, 0.3) is 5.91 Å².